The molecule has 2 N–H and O–H groups in total. The standard InChI is InChI=1S/C15H14N2O3/c1-3-7-10(2)17-14(19)12(13(18)16-15(17)20)11-8-5-4-6-9-11/h1,4-6,8-10,19H,7H2,2H3,(H,16,18,20). The Hall–Kier alpha value is -2.74. The number of hydrogen-bond acceptors (Lipinski definition) is 3. The lowest BCUT2D eigenvalue weighted by atomic mass is 10.1. The second-order valence-electron chi connectivity index (χ2n) is 4.45. The predicted octanol–water partition coefficient (Wildman–Crippen LogP) is 1.49. The Balaban J connectivity index is 2.72. The van der Waals surface area contributed by atoms with Crippen LogP contribution in [0.2, 0.25) is 0 Å². The van der Waals surface area contributed by atoms with Gasteiger partial charge < -0.3 is 5.11 Å². The van der Waals surface area contributed by atoms with Gasteiger partial charge in [-0.3, -0.25) is 14.3 Å². The zero-order valence-electron chi connectivity index (χ0n) is 11.0. The molecule has 0 fully saturated rings. The molecule has 20 heavy (non-hydrogen) atoms. The van der Waals surface area contributed by atoms with Gasteiger partial charge in [-0.2, -0.15) is 0 Å². The van der Waals surface area contributed by atoms with E-state index in [4.69, 9.17) is 6.42 Å². The maximum absolute atomic E-state index is 11.9. The monoisotopic (exact) mass is 270 g/mol. The molecule has 5 nitrogen and oxygen atoms in total. The second-order valence-corrected chi connectivity index (χ2v) is 4.45. The van der Waals surface area contributed by atoms with Crippen LogP contribution in [0.15, 0.2) is 39.9 Å². The Labute approximate surface area is 115 Å². The van der Waals surface area contributed by atoms with Crippen molar-refractivity contribution in [2.75, 3.05) is 0 Å². The molecule has 0 aliphatic rings. The Morgan fingerprint density at radius 2 is 2.00 bits per heavy atom. The quantitative estimate of drug-likeness (QED) is 0.830. The van der Waals surface area contributed by atoms with Gasteiger partial charge in [0.1, 0.15) is 5.56 Å². The minimum Gasteiger partial charge on any atom is -0.494 e. The number of H-pyrrole nitrogens is 1. The predicted molar refractivity (Wildman–Crippen MR) is 76.6 cm³/mol. The second kappa shape index (κ2) is 5.49. The van der Waals surface area contributed by atoms with Crippen molar-refractivity contribution < 1.29 is 5.11 Å². The van der Waals surface area contributed by atoms with E-state index in [9.17, 15) is 14.7 Å². The zero-order valence-corrected chi connectivity index (χ0v) is 11.0. The van der Waals surface area contributed by atoms with Gasteiger partial charge in [0.05, 0.1) is 0 Å². The van der Waals surface area contributed by atoms with Crippen LogP contribution in [0.5, 0.6) is 5.88 Å². The number of rotatable bonds is 3. The third kappa shape index (κ3) is 2.36. The molecule has 102 valence electrons. The molecule has 0 saturated carbocycles. The molecule has 0 radical (unpaired) electrons. The highest BCUT2D eigenvalue weighted by atomic mass is 16.3. The summed E-state index contributed by atoms with van der Waals surface area (Å²) >= 11 is 0. The number of aromatic nitrogens is 2. The van der Waals surface area contributed by atoms with Crippen molar-refractivity contribution in [2.24, 2.45) is 0 Å². The molecule has 2 rings (SSSR count). The first kappa shape index (κ1) is 13.7. The molecule has 0 aliphatic carbocycles. The molecule has 0 amide bonds. The van der Waals surface area contributed by atoms with Gasteiger partial charge in [-0.25, -0.2) is 4.79 Å². The van der Waals surface area contributed by atoms with Crippen LogP contribution in [0.1, 0.15) is 19.4 Å². The van der Waals surface area contributed by atoms with E-state index in [2.05, 4.69) is 10.9 Å². The number of aromatic hydroxyl groups is 1. The average molecular weight is 270 g/mol. The third-order valence-electron chi connectivity index (χ3n) is 3.03. The van der Waals surface area contributed by atoms with Gasteiger partial charge in [0, 0.05) is 12.5 Å². The molecule has 0 bridgehead atoms. The van der Waals surface area contributed by atoms with E-state index in [1.54, 1.807) is 37.3 Å². The average Bonchev–Trinajstić information content (AvgIpc) is 2.39. The number of nitrogens with one attached hydrogen (secondary N) is 1. The maximum atomic E-state index is 11.9. The Bertz CT molecular complexity index is 766. The van der Waals surface area contributed by atoms with Gasteiger partial charge in [-0.15, -0.1) is 12.3 Å². The topological polar surface area (TPSA) is 75.1 Å². The van der Waals surface area contributed by atoms with Gasteiger partial charge in [-0.1, -0.05) is 30.3 Å². The van der Waals surface area contributed by atoms with Crippen LogP contribution >= 0.6 is 0 Å². The lowest BCUT2D eigenvalue weighted by Crippen LogP contribution is -2.32. The largest absolute Gasteiger partial charge is 0.494 e. The van der Waals surface area contributed by atoms with E-state index in [0.717, 1.165) is 4.57 Å². The molecule has 1 aromatic heterocycles. The molecular formula is C15H14N2O3. The summed E-state index contributed by atoms with van der Waals surface area (Å²) < 4.78 is 1.10. The molecule has 1 atom stereocenters. The normalized spacial score (nSPS) is 11.8. The van der Waals surface area contributed by atoms with Crippen molar-refractivity contribution in [3.05, 3.63) is 51.2 Å². The van der Waals surface area contributed by atoms with E-state index in [1.807, 2.05) is 0 Å². The third-order valence-corrected chi connectivity index (χ3v) is 3.03. The molecule has 1 heterocycles. The van der Waals surface area contributed by atoms with Crippen molar-refractivity contribution in [2.45, 2.75) is 19.4 Å². The maximum Gasteiger partial charge on any atom is 0.331 e. The summed E-state index contributed by atoms with van der Waals surface area (Å²) in [6, 6.07) is 8.25. The van der Waals surface area contributed by atoms with Crippen LogP contribution in [-0.4, -0.2) is 14.7 Å². The molecule has 2 aromatic rings. The Morgan fingerprint density at radius 3 is 2.60 bits per heavy atom. The van der Waals surface area contributed by atoms with E-state index in [0.29, 0.717) is 5.56 Å². The van der Waals surface area contributed by atoms with Gasteiger partial charge >= 0.3 is 5.69 Å². The minimum atomic E-state index is -0.671. The SMILES string of the molecule is C#CCC(C)n1c(O)c(-c2ccccc2)c(=O)[nH]c1=O. The highest BCUT2D eigenvalue weighted by molar-refractivity contribution is 5.67. The molecule has 0 saturated heterocycles. The van der Waals surface area contributed by atoms with Crippen molar-refractivity contribution >= 4 is 0 Å². The number of nitrogens with zero attached hydrogens (tertiary/aromatic N) is 1. The van der Waals surface area contributed by atoms with Gasteiger partial charge in [0.25, 0.3) is 5.56 Å². The fourth-order valence-corrected chi connectivity index (χ4v) is 2.07. The number of hydrogen-bond donors (Lipinski definition) is 2. The first-order valence-electron chi connectivity index (χ1n) is 6.13. The van der Waals surface area contributed by atoms with E-state index in [-0.39, 0.29) is 17.9 Å². The number of benzene rings is 1. The van der Waals surface area contributed by atoms with Crippen molar-refractivity contribution in [1.29, 1.82) is 0 Å². The lowest BCUT2D eigenvalue weighted by Gasteiger charge is -2.16. The molecule has 1 aromatic carbocycles. The fourth-order valence-electron chi connectivity index (χ4n) is 2.07. The Morgan fingerprint density at radius 1 is 1.35 bits per heavy atom. The van der Waals surface area contributed by atoms with Crippen molar-refractivity contribution in [3.63, 3.8) is 0 Å². The fraction of sp³-hybridized carbons (Fsp3) is 0.200. The number of aromatic amines is 1. The van der Waals surface area contributed by atoms with Gasteiger partial charge in [-0.05, 0) is 12.5 Å². The summed E-state index contributed by atoms with van der Waals surface area (Å²) in [6.07, 6.45) is 5.50. The van der Waals surface area contributed by atoms with Gasteiger partial charge in [0.2, 0.25) is 5.88 Å². The zero-order chi connectivity index (χ0) is 14.7. The summed E-state index contributed by atoms with van der Waals surface area (Å²) in [5.41, 5.74) is -0.695. The summed E-state index contributed by atoms with van der Waals surface area (Å²) in [4.78, 5) is 26.0. The number of terminal acetylenes is 1. The highest BCUT2D eigenvalue weighted by Gasteiger charge is 2.18. The Kier molecular flexibility index (Phi) is 3.76. The van der Waals surface area contributed by atoms with Crippen LogP contribution in [-0.2, 0) is 0 Å². The van der Waals surface area contributed by atoms with E-state index < -0.39 is 17.3 Å². The molecular weight excluding hydrogens is 256 g/mol. The molecule has 0 spiro atoms. The smallest absolute Gasteiger partial charge is 0.331 e. The van der Waals surface area contributed by atoms with Crippen LogP contribution in [0.3, 0.4) is 0 Å². The lowest BCUT2D eigenvalue weighted by molar-refractivity contribution is 0.376. The van der Waals surface area contributed by atoms with Gasteiger partial charge in [0.15, 0.2) is 0 Å². The first-order valence-corrected chi connectivity index (χ1v) is 6.13. The minimum absolute atomic E-state index is 0.0640. The first-order chi connectivity index (χ1) is 9.56. The summed E-state index contributed by atoms with van der Waals surface area (Å²) in [5, 5.41) is 10.3. The van der Waals surface area contributed by atoms with Crippen LogP contribution in [0.25, 0.3) is 11.1 Å². The summed E-state index contributed by atoms with van der Waals surface area (Å²) in [6.45, 7) is 1.70. The van der Waals surface area contributed by atoms with Crippen LogP contribution < -0.4 is 11.2 Å². The van der Waals surface area contributed by atoms with Crippen LogP contribution in [0, 0.1) is 12.3 Å². The summed E-state index contributed by atoms with van der Waals surface area (Å²) in [7, 11) is 0. The summed E-state index contributed by atoms with van der Waals surface area (Å²) in [5.74, 6) is 2.06. The van der Waals surface area contributed by atoms with Crippen LogP contribution in [0.4, 0.5) is 0 Å². The van der Waals surface area contributed by atoms with E-state index in [1.165, 1.54) is 0 Å². The highest BCUT2D eigenvalue weighted by Crippen LogP contribution is 2.26. The van der Waals surface area contributed by atoms with E-state index >= 15 is 0 Å². The van der Waals surface area contributed by atoms with Crippen molar-refractivity contribution in [3.8, 4) is 29.4 Å². The van der Waals surface area contributed by atoms with Crippen molar-refractivity contribution in [1.82, 2.24) is 9.55 Å². The molecule has 5 heteroatoms. The molecule has 0 aliphatic heterocycles. The molecule has 1 unspecified atom stereocenters.